The molecule has 21 heavy (non-hydrogen) atoms. The summed E-state index contributed by atoms with van der Waals surface area (Å²) in [5, 5.41) is 8.96. The molecule has 1 rings (SSSR count). The summed E-state index contributed by atoms with van der Waals surface area (Å²) >= 11 is 6.03. The van der Waals surface area contributed by atoms with E-state index in [1.165, 1.54) is 11.0 Å². The molecule has 0 aliphatic carbocycles. The second-order valence-corrected chi connectivity index (χ2v) is 4.54. The minimum atomic E-state index is -1.16. The lowest BCUT2D eigenvalue weighted by Crippen LogP contribution is -2.40. The lowest BCUT2D eigenvalue weighted by molar-refractivity contribution is -0.131. The number of halogens is 1. The van der Waals surface area contributed by atoms with Gasteiger partial charge in [-0.15, -0.1) is 0 Å². The Bertz CT molecular complexity index is 585. The van der Waals surface area contributed by atoms with Crippen molar-refractivity contribution in [1.82, 2.24) is 0 Å². The van der Waals surface area contributed by atoms with E-state index in [1.807, 2.05) is 0 Å². The van der Waals surface area contributed by atoms with Crippen LogP contribution in [0.1, 0.15) is 5.56 Å². The Hall–Kier alpha value is -2.54. The van der Waals surface area contributed by atoms with Gasteiger partial charge in [0.15, 0.2) is 0 Å². The minimum absolute atomic E-state index is 0.253. The second kappa shape index (κ2) is 7.30. The Balaban J connectivity index is 3.29. The van der Waals surface area contributed by atoms with E-state index in [1.54, 1.807) is 18.2 Å². The van der Waals surface area contributed by atoms with Gasteiger partial charge in [0.1, 0.15) is 0 Å². The molecular formula is C13H14ClN3O4. The predicted octanol–water partition coefficient (Wildman–Crippen LogP) is 0.215. The number of nitrogens with zero attached hydrogens (tertiary/aromatic N) is 1. The largest absolute Gasteiger partial charge is 0.478 e. The van der Waals surface area contributed by atoms with Crippen molar-refractivity contribution in [3.63, 3.8) is 0 Å². The highest BCUT2D eigenvalue weighted by Crippen LogP contribution is 2.28. The number of carboxylic acids is 1. The van der Waals surface area contributed by atoms with E-state index in [4.69, 9.17) is 28.2 Å². The van der Waals surface area contributed by atoms with Gasteiger partial charge < -0.3 is 21.5 Å². The normalized spacial score (nSPS) is 10.5. The lowest BCUT2D eigenvalue weighted by atomic mass is 10.1. The van der Waals surface area contributed by atoms with Crippen molar-refractivity contribution in [3.8, 4) is 0 Å². The zero-order valence-corrected chi connectivity index (χ0v) is 11.7. The summed E-state index contributed by atoms with van der Waals surface area (Å²) < 4.78 is 0. The van der Waals surface area contributed by atoms with Crippen molar-refractivity contribution in [3.05, 3.63) is 34.9 Å². The number of rotatable bonds is 7. The van der Waals surface area contributed by atoms with Gasteiger partial charge in [0, 0.05) is 22.3 Å². The average Bonchev–Trinajstić information content (AvgIpc) is 2.34. The van der Waals surface area contributed by atoms with Gasteiger partial charge in [-0.1, -0.05) is 17.7 Å². The average molecular weight is 312 g/mol. The second-order valence-electron chi connectivity index (χ2n) is 4.13. The highest BCUT2D eigenvalue weighted by atomic mass is 35.5. The van der Waals surface area contributed by atoms with E-state index in [-0.39, 0.29) is 18.1 Å². The molecule has 0 aliphatic rings. The first kappa shape index (κ1) is 16.5. The number of benzene rings is 1. The van der Waals surface area contributed by atoms with Crippen molar-refractivity contribution in [1.29, 1.82) is 0 Å². The van der Waals surface area contributed by atoms with Gasteiger partial charge >= 0.3 is 5.97 Å². The third-order valence-corrected chi connectivity index (χ3v) is 2.79. The molecule has 0 aliphatic heterocycles. The van der Waals surface area contributed by atoms with Crippen LogP contribution in [0.15, 0.2) is 24.3 Å². The maximum absolute atomic E-state index is 11.1. The Kier molecular flexibility index (Phi) is 5.74. The Labute approximate surface area is 125 Å². The zero-order chi connectivity index (χ0) is 16.0. The van der Waals surface area contributed by atoms with E-state index >= 15 is 0 Å². The molecule has 0 spiro atoms. The van der Waals surface area contributed by atoms with E-state index in [0.717, 1.165) is 6.08 Å². The molecule has 0 unspecified atom stereocenters. The molecule has 8 heteroatoms. The Morgan fingerprint density at radius 1 is 1.19 bits per heavy atom. The van der Waals surface area contributed by atoms with Crippen LogP contribution in [0, 0.1) is 0 Å². The van der Waals surface area contributed by atoms with Crippen LogP contribution < -0.4 is 16.4 Å². The Morgan fingerprint density at radius 3 is 2.24 bits per heavy atom. The fourth-order valence-corrected chi connectivity index (χ4v) is 1.96. The fraction of sp³-hybridized carbons (Fsp3) is 0.154. The van der Waals surface area contributed by atoms with Crippen LogP contribution in [-0.2, 0) is 14.4 Å². The van der Waals surface area contributed by atoms with Gasteiger partial charge in [-0.2, -0.15) is 0 Å². The van der Waals surface area contributed by atoms with Crippen LogP contribution in [-0.4, -0.2) is 36.0 Å². The van der Waals surface area contributed by atoms with Crippen molar-refractivity contribution in [2.75, 3.05) is 18.0 Å². The molecule has 2 amide bonds. The lowest BCUT2D eigenvalue weighted by Gasteiger charge is -2.24. The van der Waals surface area contributed by atoms with E-state index in [9.17, 15) is 14.4 Å². The smallest absolute Gasteiger partial charge is 0.328 e. The molecular weight excluding hydrogens is 298 g/mol. The zero-order valence-electron chi connectivity index (χ0n) is 11.0. The molecule has 5 N–H and O–H groups in total. The number of primary amides is 2. The van der Waals surface area contributed by atoms with E-state index < -0.39 is 17.8 Å². The summed E-state index contributed by atoms with van der Waals surface area (Å²) in [6.07, 6.45) is 2.17. The maximum atomic E-state index is 11.1. The molecule has 112 valence electrons. The summed E-state index contributed by atoms with van der Waals surface area (Å²) in [5.41, 5.74) is 11.0. The van der Waals surface area contributed by atoms with Crippen LogP contribution in [0.4, 0.5) is 5.69 Å². The third-order valence-electron chi connectivity index (χ3n) is 2.46. The number of carbonyl (C=O) groups is 3. The summed E-state index contributed by atoms with van der Waals surface area (Å²) in [5.74, 6) is -2.48. The number of amides is 2. The molecule has 0 bridgehead atoms. The summed E-state index contributed by atoms with van der Waals surface area (Å²) in [6, 6.07) is 4.74. The Morgan fingerprint density at radius 2 is 1.76 bits per heavy atom. The first-order chi connectivity index (χ1) is 9.81. The standard InChI is InChI=1S/C13H14ClN3O4/c14-9-2-1-3-10(8(9)4-5-13(20)21)17(6-11(15)18)7-12(16)19/h1-5H,6-7H2,(H2,15,18)(H2,16,19)(H,20,21). The molecule has 0 aromatic heterocycles. The van der Waals surface area contributed by atoms with Crippen LogP contribution in [0.3, 0.4) is 0 Å². The number of hydrogen-bond donors (Lipinski definition) is 3. The van der Waals surface area contributed by atoms with E-state index in [2.05, 4.69) is 0 Å². The number of carboxylic acid groups (broad SMARTS) is 1. The highest BCUT2D eigenvalue weighted by molar-refractivity contribution is 6.32. The van der Waals surface area contributed by atoms with Gasteiger partial charge in [-0.3, -0.25) is 9.59 Å². The van der Waals surface area contributed by atoms with Gasteiger partial charge in [0.25, 0.3) is 0 Å². The molecule has 0 radical (unpaired) electrons. The van der Waals surface area contributed by atoms with E-state index in [0.29, 0.717) is 11.3 Å². The van der Waals surface area contributed by atoms with Gasteiger partial charge in [0.2, 0.25) is 11.8 Å². The molecule has 0 saturated carbocycles. The molecule has 0 fully saturated rings. The van der Waals surface area contributed by atoms with Crippen LogP contribution in [0.25, 0.3) is 6.08 Å². The molecule has 1 aromatic carbocycles. The summed E-state index contributed by atoms with van der Waals surface area (Å²) in [4.78, 5) is 34.2. The van der Waals surface area contributed by atoms with Crippen molar-refractivity contribution >= 4 is 41.1 Å². The number of hydrogen-bond acceptors (Lipinski definition) is 4. The highest BCUT2D eigenvalue weighted by Gasteiger charge is 2.16. The van der Waals surface area contributed by atoms with Crippen LogP contribution >= 0.6 is 11.6 Å². The van der Waals surface area contributed by atoms with Gasteiger partial charge in [-0.05, 0) is 18.2 Å². The van der Waals surface area contributed by atoms with Crippen LogP contribution in [0.2, 0.25) is 5.02 Å². The first-order valence-electron chi connectivity index (χ1n) is 5.82. The summed E-state index contributed by atoms with van der Waals surface area (Å²) in [6.45, 7) is -0.506. The molecule has 0 heterocycles. The number of aliphatic carboxylic acids is 1. The quantitative estimate of drug-likeness (QED) is 0.621. The maximum Gasteiger partial charge on any atom is 0.328 e. The number of anilines is 1. The molecule has 1 aromatic rings. The monoisotopic (exact) mass is 311 g/mol. The van der Waals surface area contributed by atoms with Gasteiger partial charge in [0.05, 0.1) is 13.1 Å². The SMILES string of the molecule is NC(=O)CN(CC(N)=O)c1cccc(Cl)c1C=CC(=O)O. The van der Waals surface area contributed by atoms with Crippen molar-refractivity contribution in [2.45, 2.75) is 0 Å². The van der Waals surface area contributed by atoms with Crippen LogP contribution in [0.5, 0.6) is 0 Å². The first-order valence-corrected chi connectivity index (χ1v) is 6.20. The third kappa shape index (κ3) is 5.15. The molecule has 0 atom stereocenters. The fourth-order valence-electron chi connectivity index (χ4n) is 1.72. The summed E-state index contributed by atoms with van der Waals surface area (Å²) in [7, 11) is 0. The van der Waals surface area contributed by atoms with Gasteiger partial charge in [-0.25, -0.2) is 4.79 Å². The number of nitrogens with two attached hydrogens (primary N) is 2. The molecule has 7 nitrogen and oxygen atoms in total. The topological polar surface area (TPSA) is 127 Å². The predicted molar refractivity (Wildman–Crippen MR) is 78.7 cm³/mol. The van der Waals surface area contributed by atoms with Crippen molar-refractivity contribution in [2.24, 2.45) is 11.5 Å². The van der Waals surface area contributed by atoms with Crippen molar-refractivity contribution < 1.29 is 19.5 Å². The number of carbonyl (C=O) groups excluding carboxylic acids is 2. The minimum Gasteiger partial charge on any atom is -0.478 e. The molecule has 0 saturated heterocycles.